The van der Waals surface area contributed by atoms with Gasteiger partial charge in [0.2, 0.25) is 11.0 Å². The Morgan fingerprint density at radius 2 is 1.90 bits per heavy atom. The van der Waals surface area contributed by atoms with Crippen molar-refractivity contribution < 1.29 is 14.3 Å². The average Bonchev–Trinajstić information content (AvgIpc) is 3.31. The second kappa shape index (κ2) is 6.70. The normalized spacial score (nSPS) is 11.3. The molecule has 0 unspecified atom stereocenters. The number of aromatic nitrogens is 4. The van der Waals surface area contributed by atoms with Gasteiger partial charge in [-0.05, 0) is 66.3 Å². The number of hydrogen-bond acceptors (Lipinski definition) is 5. The maximum Gasteiger partial charge on any atom is 0.255 e. The highest BCUT2D eigenvalue weighted by atomic mass is 16.8. The molecule has 5 aromatic rings. The molecule has 5 rings (SSSR count). The van der Waals surface area contributed by atoms with Gasteiger partial charge in [-0.2, -0.15) is 5.10 Å². The summed E-state index contributed by atoms with van der Waals surface area (Å²) >= 11 is 0. The summed E-state index contributed by atoms with van der Waals surface area (Å²) in [4.78, 5) is 13.1. The van der Waals surface area contributed by atoms with E-state index in [2.05, 4.69) is 38.4 Å². The Labute approximate surface area is 170 Å². The van der Waals surface area contributed by atoms with Crippen LogP contribution in [0.4, 0.5) is 5.69 Å². The lowest BCUT2D eigenvalue weighted by atomic mass is 10.1. The minimum atomic E-state index is -0.316. The minimum Gasteiger partial charge on any atom is -0.359 e. The van der Waals surface area contributed by atoms with E-state index < -0.39 is 0 Å². The van der Waals surface area contributed by atoms with Crippen LogP contribution >= 0.6 is 0 Å². The van der Waals surface area contributed by atoms with Crippen LogP contribution in [0.2, 0.25) is 0 Å². The first-order valence-electron chi connectivity index (χ1n) is 9.36. The number of fused-ring (bicyclic) bond motifs is 2. The molecule has 0 bridgehead atoms. The van der Waals surface area contributed by atoms with Crippen molar-refractivity contribution in [2.45, 2.75) is 13.8 Å². The third-order valence-corrected chi connectivity index (χ3v) is 4.96. The Hall–Kier alpha value is -4.20. The topological polar surface area (TPSA) is 99.9 Å². The highest BCUT2D eigenvalue weighted by Crippen LogP contribution is 2.27. The monoisotopic (exact) mass is 399 g/mol. The molecular weight excluding hydrogens is 382 g/mol. The van der Waals surface area contributed by atoms with E-state index in [4.69, 9.17) is 0 Å². The second-order valence-corrected chi connectivity index (χ2v) is 7.23. The molecule has 2 aromatic heterocycles. The molecule has 0 aliphatic rings. The fourth-order valence-electron chi connectivity index (χ4n) is 3.65. The Morgan fingerprint density at radius 3 is 2.70 bits per heavy atom. The Balaban J connectivity index is 1.51. The predicted octanol–water partition coefficient (Wildman–Crippen LogP) is 3.67. The second-order valence-electron chi connectivity index (χ2n) is 7.23. The fraction of sp³-hybridized carbons (Fsp3) is 0.0909. The van der Waals surface area contributed by atoms with Crippen molar-refractivity contribution in [1.29, 1.82) is 0 Å². The van der Waals surface area contributed by atoms with E-state index in [0.29, 0.717) is 21.7 Å². The van der Waals surface area contributed by atoms with Crippen LogP contribution in [0.3, 0.4) is 0 Å². The van der Waals surface area contributed by atoms with Crippen molar-refractivity contribution in [2.24, 2.45) is 0 Å². The first kappa shape index (κ1) is 17.9. The molecule has 8 heteroatoms. The molecule has 3 aromatic carbocycles. The lowest BCUT2D eigenvalue weighted by Crippen LogP contribution is -2.22. The van der Waals surface area contributed by atoms with Gasteiger partial charge in [0.15, 0.2) is 0 Å². The summed E-state index contributed by atoms with van der Waals surface area (Å²) in [7, 11) is 0. The number of nitrogens with zero attached hydrogens (tertiary/aromatic N) is 4. The van der Waals surface area contributed by atoms with Crippen molar-refractivity contribution in [3.05, 3.63) is 82.7 Å². The molecule has 1 amide bonds. The zero-order valence-electron chi connectivity index (χ0n) is 16.3. The van der Waals surface area contributed by atoms with Gasteiger partial charge in [0.1, 0.15) is 0 Å². The van der Waals surface area contributed by atoms with Gasteiger partial charge in [-0.1, -0.05) is 12.1 Å². The van der Waals surface area contributed by atoms with E-state index in [1.807, 2.05) is 36.7 Å². The summed E-state index contributed by atoms with van der Waals surface area (Å²) in [6, 6.07) is 16.5. The zero-order valence-corrected chi connectivity index (χ0v) is 16.3. The van der Waals surface area contributed by atoms with Gasteiger partial charge in [0.05, 0.1) is 23.1 Å². The number of nitrogens with one attached hydrogen (secondary N) is 1. The maximum absolute atomic E-state index is 12.8. The van der Waals surface area contributed by atoms with Crippen molar-refractivity contribution in [1.82, 2.24) is 14.9 Å². The van der Waals surface area contributed by atoms with E-state index in [1.54, 1.807) is 12.3 Å². The van der Waals surface area contributed by atoms with Crippen molar-refractivity contribution in [3.63, 3.8) is 0 Å². The summed E-state index contributed by atoms with van der Waals surface area (Å²) < 4.78 is 6.42. The summed E-state index contributed by atoms with van der Waals surface area (Å²) in [5, 5.41) is 23.4. The number of benzene rings is 3. The van der Waals surface area contributed by atoms with Crippen LogP contribution in [0.15, 0.2) is 65.4 Å². The van der Waals surface area contributed by atoms with Gasteiger partial charge in [0, 0.05) is 22.2 Å². The molecule has 0 atom stereocenters. The summed E-state index contributed by atoms with van der Waals surface area (Å²) in [6.07, 6.45) is 1.74. The average molecular weight is 399 g/mol. The molecule has 0 saturated carbocycles. The quantitative estimate of drug-likeness (QED) is 0.467. The molecule has 0 aliphatic heterocycles. The zero-order chi connectivity index (χ0) is 20.8. The summed E-state index contributed by atoms with van der Waals surface area (Å²) in [5.74, 6) is -0.316. The van der Waals surface area contributed by atoms with Crippen molar-refractivity contribution >= 4 is 33.5 Å². The highest BCUT2D eigenvalue weighted by Gasteiger charge is 2.16. The van der Waals surface area contributed by atoms with Crippen LogP contribution in [0, 0.1) is 19.1 Å². The maximum atomic E-state index is 12.8. The van der Waals surface area contributed by atoms with Gasteiger partial charge in [-0.25, -0.2) is 4.68 Å². The molecule has 8 nitrogen and oxygen atoms in total. The first-order chi connectivity index (χ1) is 14.5. The van der Waals surface area contributed by atoms with Gasteiger partial charge in [-0.15, -0.1) is 0 Å². The summed E-state index contributed by atoms with van der Waals surface area (Å²) in [5.41, 5.74) is 5.76. The van der Waals surface area contributed by atoms with Gasteiger partial charge in [-0.3, -0.25) is 9.42 Å². The van der Waals surface area contributed by atoms with Gasteiger partial charge < -0.3 is 10.5 Å². The number of hydrogen-bond donors (Lipinski definition) is 1. The molecule has 30 heavy (non-hydrogen) atoms. The first-order valence-corrected chi connectivity index (χ1v) is 9.36. The minimum absolute atomic E-state index is 0.267. The largest absolute Gasteiger partial charge is 0.359 e. The van der Waals surface area contributed by atoms with E-state index >= 15 is 0 Å². The van der Waals surface area contributed by atoms with Gasteiger partial charge in [0.25, 0.3) is 5.91 Å². The molecule has 0 fully saturated rings. The van der Waals surface area contributed by atoms with Crippen molar-refractivity contribution in [3.8, 4) is 5.69 Å². The lowest BCUT2D eigenvalue weighted by Gasteiger charge is -2.09. The molecular formula is C22H17N5O3. The van der Waals surface area contributed by atoms with E-state index in [-0.39, 0.29) is 11.4 Å². The number of anilines is 1. The van der Waals surface area contributed by atoms with Gasteiger partial charge >= 0.3 is 0 Å². The Kier molecular flexibility index (Phi) is 3.99. The number of aryl methyl sites for hydroxylation is 2. The van der Waals surface area contributed by atoms with Crippen LogP contribution in [-0.4, -0.2) is 20.8 Å². The van der Waals surface area contributed by atoms with E-state index in [0.717, 1.165) is 27.7 Å². The van der Waals surface area contributed by atoms with E-state index in [9.17, 15) is 10.0 Å². The molecule has 0 radical (unpaired) electrons. The van der Waals surface area contributed by atoms with E-state index in [1.165, 1.54) is 12.1 Å². The van der Waals surface area contributed by atoms with Crippen LogP contribution in [0.5, 0.6) is 0 Å². The molecule has 0 spiro atoms. The standard InChI is InChI=1S/C22H17N5O3/c1-13-8-14(2)10-16(9-13)26-20-5-3-4-18(17(20)12-23-26)24-22(28)15-6-7-21-19(11-15)25-30-27(21)29/h3-12H,1-2H3,(H,24,28). The highest BCUT2D eigenvalue weighted by molar-refractivity contribution is 6.09. The molecule has 1 N–H and O–H groups in total. The number of rotatable bonds is 3. The summed E-state index contributed by atoms with van der Waals surface area (Å²) in [6.45, 7) is 4.10. The Morgan fingerprint density at radius 1 is 1.10 bits per heavy atom. The third kappa shape index (κ3) is 2.95. The number of carbonyl (C=O) groups excluding carboxylic acids is 1. The molecule has 2 heterocycles. The molecule has 148 valence electrons. The van der Waals surface area contributed by atoms with Crippen LogP contribution < -0.4 is 10.2 Å². The van der Waals surface area contributed by atoms with Crippen LogP contribution in [0.1, 0.15) is 21.5 Å². The lowest BCUT2D eigenvalue weighted by molar-refractivity contribution is -0.782. The van der Waals surface area contributed by atoms with Crippen molar-refractivity contribution in [2.75, 3.05) is 5.32 Å². The predicted molar refractivity (Wildman–Crippen MR) is 111 cm³/mol. The molecule has 0 aliphatic carbocycles. The number of carbonyl (C=O) groups is 1. The SMILES string of the molecule is Cc1cc(C)cc(-n2ncc3c(NC(=O)c4ccc5c(c4)no[n+]5[O-])cccc32)c1. The Bertz CT molecular complexity index is 1410. The van der Waals surface area contributed by atoms with Crippen LogP contribution in [-0.2, 0) is 0 Å². The molecule has 0 saturated heterocycles. The number of amides is 1. The third-order valence-electron chi connectivity index (χ3n) is 4.96. The fourth-order valence-corrected chi connectivity index (χ4v) is 3.65. The smallest absolute Gasteiger partial charge is 0.255 e. The van der Waals surface area contributed by atoms with Crippen LogP contribution in [0.25, 0.3) is 27.6 Å².